The van der Waals surface area contributed by atoms with Gasteiger partial charge < -0.3 is 0 Å². The zero-order valence-electron chi connectivity index (χ0n) is 7.98. The van der Waals surface area contributed by atoms with Crippen molar-refractivity contribution in [1.29, 1.82) is 0 Å². The summed E-state index contributed by atoms with van der Waals surface area (Å²) in [5.74, 6) is 0. The molecule has 1 aromatic rings. The van der Waals surface area contributed by atoms with Crippen molar-refractivity contribution in [1.82, 2.24) is 0 Å². The van der Waals surface area contributed by atoms with Crippen molar-refractivity contribution in [3.05, 3.63) is 45.0 Å². The molecule has 1 rings (SSSR count). The van der Waals surface area contributed by atoms with Crippen molar-refractivity contribution < 1.29 is 4.92 Å². The van der Waals surface area contributed by atoms with Crippen LogP contribution >= 0.6 is 27.5 Å². The maximum atomic E-state index is 10.5. The summed E-state index contributed by atoms with van der Waals surface area (Å²) in [6, 6.07) is 4.36. The molecule has 0 amide bonds. The number of hydrogen-bond acceptors (Lipinski definition) is 2. The van der Waals surface area contributed by atoms with Gasteiger partial charge in [0.05, 0.1) is 4.92 Å². The highest BCUT2D eigenvalue weighted by atomic mass is 79.9. The zero-order valence-corrected chi connectivity index (χ0v) is 10.3. The van der Waals surface area contributed by atoms with E-state index in [1.54, 1.807) is 6.08 Å². The molecule has 0 aliphatic carbocycles. The summed E-state index contributed by atoms with van der Waals surface area (Å²) in [6.45, 7) is 1.95. The quantitative estimate of drug-likeness (QED) is 0.479. The number of nitro groups is 1. The topological polar surface area (TPSA) is 43.1 Å². The minimum Gasteiger partial charge on any atom is -0.258 e. The Morgan fingerprint density at radius 3 is 2.80 bits per heavy atom. The van der Waals surface area contributed by atoms with E-state index in [1.165, 1.54) is 18.2 Å². The number of halogens is 2. The van der Waals surface area contributed by atoms with E-state index in [0.29, 0.717) is 10.6 Å². The summed E-state index contributed by atoms with van der Waals surface area (Å²) in [4.78, 5) is 10.3. The molecule has 1 unspecified atom stereocenters. The molecule has 0 heterocycles. The number of rotatable bonds is 3. The van der Waals surface area contributed by atoms with E-state index >= 15 is 0 Å². The van der Waals surface area contributed by atoms with E-state index in [2.05, 4.69) is 15.9 Å². The van der Waals surface area contributed by atoms with Gasteiger partial charge in [0.2, 0.25) is 0 Å². The molecule has 3 nitrogen and oxygen atoms in total. The Balaban J connectivity index is 3.05. The Labute approximate surface area is 101 Å². The van der Waals surface area contributed by atoms with Crippen LogP contribution in [0.1, 0.15) is 12.5 Å². The van der Waals surface area contributed by atoms with Crippen LogP contribution in [-0.4, -0.2) is 9.75 Å². The summed E-state index contributed by atoms with van der Waals surface area (Å²) in [5.41, 5.74) is 0.693. The SMILES string of the molecule is CC(Br)/C=C/c1cc([N+](=O)[O-])ccc1Cl. The fraction of sp³-hybridized carbons (Fsp3) is 0.200. The van der Waals surface area contributed by atoms with Gasteiger partial charge in [0.15, 0.2) is 0 Å². The average molecular weight is 291 g/mol. The van der Waals surface area contributed by atoms with Gasteiger partial charge in [-0.15, -0.1) is 0 Å². The van der Waals surface area contributed by atoms with Gasteiger partial charge in [-0.2, -0.15) is 0 Å². The van der Waals surface area contributed by atoms with Gasteiger partial charge in [0.25, 0.3) is 5.69 Å². The summed E-state index contributed by atoms with van der Waals surface area (Å²) in [6.07, 6.45) is 3.62. The molecule has 0 bridgehead atoms. The predicted molar refractivity (Wildman–Crippen MR) is 65.5 cm³/mol. The van der Waals surface area contributed by atoms with E-state index in [4.69, 9.17) is 11.6 Å². The maximum Gasteiger partial charge on any atom is 0.270 e. The lowest BCUT2D eigenvalue weighted by Gasteiger charge is -1.99. The number of nitro benzene ring substituents is 1. The minimum absolute atomic E-state index is 0.0428. The highest BCUT2D eigenvalue weighted by Crippen LogP contribution is 2.23. The van der Waals surface area contributed by atoms with Crippen molar-refractivity contribution in [3.8, 4) is 0 Å². The van der Waals surface area contributed by atoms with Crippen molar-refractivity contribution in [3.63, 3.8) is 0 Å². The molecule has 0 aliphatic heterocycles. The Morgan fingerprint density at radius 1 is 1.60 bits per heavy atom. The van der Waals surface area contributed by atoms with Crippen LogP contribution in [0.5, 0.6) is 0 Å². The van der Waals surface area contributed by atoms with Crippen LogP contribution in [0.3, 0.4) is 0 Å². The molecule has 0 saturated heterocycles. The summed E-state index contributed by atoms with van der Waals surface area (Å²) < 4.78 is 0. The second-order valence-electron chi connectivity index (χ2n) is 3.00. The number of allylic oxidation sites excluding steroid dienone is 1. The third-order valence-electron chi connectivity index (χ3n) is 1.73. The lowest BCUT2D eigenvalue weighted by atomic mass is 10.2. The standard InChI is InChI=1S/C10H9BrClNO2/c1-7(11)2-3-8-6-9(13(14)15)4-5-10(8)12/h2-7H,1H3/b3-2+. The molecule has 0 spiro atoms. The molecule has 5 heteroatoms. The van der Waals surface area contributed by atoms with E-state index in [9.17, 15) is 10.1 Å². The highest BCUT2D eigenvalue weighted by Gasteiger charge is 2.07. The molecule has 0 radical (unpaired) electrons. The summed E-state index contributed by atoms with van der Waals surface area (Å²) in [7, 11) is 0. The predicted octanol–water partition coefficient (Wildman–Crippen LogP) is 4.04. The van der Waals surface area contributed by atoms with Gasteiger partial charge in [-0.3, -0.25) is 10.1 Å². The number of benzene rings is 1. The summed E-state index contributed by atoms with van der Waals surface area (Å²) >= 11 is 9.24. The lowest BCUT2D eigenvalue weighted by molar-refractivity contribution is -0.384. The van der Waals surface area contributed by atoms with Crippen molar-refractivity contribution >= 4 is 39.3 Å². The number of non-ortho nitro benzene ring substituents is 1. The van der Waals surface area contributed by atoms with Gasteiger partial charge in [-0.05, 0) is 18.6 Å². The highest BCUT2D eigenvalue weighted by molar-refractivity contribution is 9.09. The normalized spacial score (nSPS) is 13.0. The first-order chi connectivity index (χ1) is 7.00. The fourth-order valence-electron chi connectivity index (χ4n) is 1.01. The van der Waals surface area contributed by atoms with Crippen molar-refractivity contribution in [2.24, 2.45) is 0 Å². The smallest absolute Gasteiger partial charge is 0.258 e. The maximum absolute atomic E-state index is 10.5. The first kappa shape index (κ1) is 12.2. The van der Waals surface area contributed by atoms with E-state index in [-0.39, 0.29) is 10.5 Å². The first-order valence-electron chi connectivity index (χ1n) is 4.27. The molecule has 0 aliphatic rings. The molecule has 15 heavy (non-hydrogen) atoms. The van der Waals surface area contributed by atoms with Crippen LogP contribution in [-0.2, 0) is 0 Å². The van der Waals surface area contributed by atoms with Gasteiger partial charge in [-0.1, -0.05) is 39.7 Å². The van der Waals surface area contributed by atoms with Gasteiger partial charge in [0.1, 0.15) is 0 Å². The second kappa shape index (κ2) is 5.28. The van der Waals surface area contributed by atoms with E-state index in [1.807, 2.05) is 13.0 Å². The molecule has 1 atom stereocenters. The second-order valence-corrected chi connectivity index (χ2v) is 4.85. The molecule has 80 valence electrons. The number of nitrogens with zero attached hydrogens (tertiary/aromatic N) is 1. The van der Waals surface area contributed by atoms with Crippen LogP contribution < -0.4 is 0 Å². The Bertz CT molecular complexity index is 404. The molecule has 1 aromatic carbocycles. The van der Waals surface area contributed by atoms with Crippen LogP contribution in [0.4, 0.5) is 5.69 Å². The zero-order chi connectivity index (χ0) is 11.4. The monoisotopic (exact) mass is 289 g/mol. The number of hydrogen-bond donors (Lipinski definition) is 0. The van der Waals surface area contributed by atoms with Crippen LogP contribution in [0.15, 0.2) is 24.3 Å². The van der Waals surface area contributed by atoms with Crippen LogP contribution in [0.2, 0.25) is 5.02 Å². The van der Waals surface area contributed by atoms with Gasteiger partial charge in [0, 0.05) is 22.0 Å². The molecule has 0 saturated carbocycles. The third kappa shape index (κ3) is 3.64. The van der Waals surface area contributed by atoms with Crippen LogP contribution in [0.25, 0.3) is 6.08 Å². The third-order valence-corrected chi connectivity index (χ3v) is 2.38. The molecular formula is C10H9BrClNO2. The van der Waals surface area contributed by atoms with E-state index < -0.39 is 4.92 Å². The Hall–Kier alpha value is -0.870. The largest absolute Gasteiger partial charge is 0.270 e. The average Bonchev–Trinajstić information content (AvgIpc) is 2.16. The minimum atomic E-state index is -0.439. The van der Waals surface area contributed by atoms with Gasteiger partial charge >= 0.3 is 0 Å². The fourth-order valence-corrected chi connectivity index (χ4v) is 1.34. The van der Waals surface area contributed by atoms with Gasteiger partial charge in [-0.25, -0.2) is 0 Å². The Kier molecular flexibility index (Phi) is 4.29. The van der Waals surface area contributed by atoms with Crippen molar-refractivity contribution in [2.45, 2.75) is 11.8 Å². The molecular weight excluding hydrogens is 281 g/mol. The van der Waals surface area contributed by atoms with Crippen LogP contribution in [0, 0.1) is 10.1 Å². The molecule has 0 fully saturated rings. The number of alkyl halides is 1. The lowest BCUT2D eigenvalue weighted by Crippen LogP contribution is -1.89. The summed E-state index contributed by atoms with van der Waals surface area (Å²) in [5, 5.41) is 11.0. The molecule has 0 N–H and O–H groups in total. The first-order valence-corrected chi connectivity index (χ1v) is 5.56. The Morgan fingerprint density at radius 2 is 2.27 bits per heavy atom. The van der Waals surface area contributed by atoms with Crippen molar-refractivity contribution in [2.75, 3.05) is 0 Å². The molecule has 0 aromatic heterocycles. The van der Waals surface area contributed by atoms with E-state index in [0.717, 1.165) is 0 Å².